The molecule has 1 aromatic carbocycles. The van der Waals surface area contributed by atoms with E-state index < -0.39 is 0 Å². The van der Waals surface area contributed by atoms with Gasteiger partial charge in [0.15, 0.2) is 5.78 Å². The Morgan fingerprint density at radius 3 is 2.56 bits per heavy atom. The Balaban J connectivity index is 2.52. The molecular weight excluding hydrogens is 220 g/mol. The largest absolute Gasteiger partial charge is 0.295 e. The number of hydrogen-bond acceptors (Lipinski definition) is 1. The predicted molar refractivity (Wildman–Crippen MR) is 68.9 cm³/mol. The van der Waals surface area contributed by atoms with Crippen molar-refractivity contribution in [2.24, 2.45) is 0 Å². The van der Waals surface area contributed by atoms with Gasteiger partial charge in [0, 0.05) is 11.4 Å². The molecular formula is C14H17ClO. The van der Waals surface area contributed by atoms with E-state index in [0.717, 1.165) is 11.4 Å². The van der Waals surface area contributed by atoms with Crippen LogP contribution in [0.4, 0.5) is 0 Å². The van der Waals surface area contributed by atoms with Gasteiger partial charge in [-0.15, -0.1) is 0 Å². The summed E-state index contributed by atoms with van der Waals surface area (Å²) in [6.45, 7) is 4.01. The van der Waals surface area contributed by atoms with E-state index in [-0.39, 0.29) is 5.78 Å². The van der Waals surface area contributed by atoms with Gasteiger partial charge in [-0.2, -0.15) is 0 Å². The SMILES string of the molecule is CCC(=O)/C=C/C[C@H](C)c1ccc(Cl)cc1. The van der Waals surface area contributed by atoms with Crippen LogP contribution in [0.15, 0.2) is 36.4 Å². The fourth-order valence-corrected chi connectivity index (χ4v) is 1.57. The average Bonchev–Trinajstić information content (AvgIpc) is 2.29. The van der Waals surface area contributed by atoms with Gasteiger partial charge in [-0.05, 0) is 36.1 Å². The van der Waals surface area contributed by atoms with Crippen LogP contribution in [0.2, 0.25) is 5.02 Å². The van der Waals surface area contributed by atoms with Gasteiger partial charge in [0.2, 0.25) is 0 Å². The van der Waals surface area contributed by atoms with Gasteiger partial charge in [-0.3, -0.25) is 4.79 Å². The van der Waals surface area contributed by atoms with Gasteiger partial charge in [-0.25, -0.2) is 0 Å². The summed E-state index contributed by atoms with van der Waals surface area (Å²) in [6, 6.07) is 7.85. The van der Waals surface area contributed by atoms with E-state index in [9.17, 15) is 4.79 Å². The van der Waals surface area contributed by atoms with Crippen LogP contribution in [-0.2, 0) is 4.79 Å². The normalized spacial score (nSPS) is 12.9. The lowest BCUT2D eigenvalue weighted by atomic mass is 9.97. The third-order valence-corrected chi connectivity index (χ3v) is 2.83. The summed E-state index contributed by atoms with van der Waals surface area (Å²) >= 11 is 5.82. The first-order valence-corrected chi connectivity index (χ1v) is 5.96. The van der Waals surface area contributed by atoms with Crippen molar-refractivity contribution in [3.8, 4) is 0 Å². The van der Waals surface area contributed by atoms with Crippen molar-refractivity contribution >= 4 is 17.4 Å². The molecule has 16 heavy (non-hydrogen) atoms. The molecule has 0 bridgehead atoms. The Hall–Kier alpha value is -1.08. The van der Waals surface area contributed by atoms with Crippen molar-refractivity contribution in [2.75, 3.05) is 0 Å². The zero-order chi connectivity index (χ0) is 12.0. The van der Waals surface area contributed by atoms with Crippen LogP contribution in [0.25, 0.3) is 0 Å². The molecule has 86 valence electrons. The minimum atomic E-state index is 0.184. The Morgan fingerprint density at radius 1 is 1.38 bits per heavy atom. The molecule has 0 aromatic heterocycles. The van der Waals surface area contributed by atoms with Crippen LogP contribution in [0.1, 0.15) is 38.2 Å². The van der Waals surface area contributed by atoms with Gasteiger partial charge in [-0.1, -0.05) is 43.7 Å². The fraction of sp³-hybridized carbons (Fsp3) is 0.357. The number of ketones is 1. The zero-order valence-electron chi connectivity index (χ0n) is 9.74. The van der Waals surface area contributed by atoms with E-state index in [1.807, 2.05) is 37.3 Å². The van der Waals surface area contributed by atoms with Crippen LogP contribution in [-0.4, -0.2) is 5.78 Å². The highest BCUT2D eigenvalue weighted by Gasteiger charge is 2.03. The topological polar surface area (TPSA) is 17.1 Å². The Bertz CT molecular complexity index is 365. The van der Waals surface area contributed by atoms with Crippen LogP contribution in [0.3, 0.4) is 0 Å². The summed E-state index contributed by atoms with van der Waals surface area (Å²) < 4.78 is 0. The van der Waals surface area contributed by atoms with Crippen LogP contribution in [0.5, 0.6) is 0 Å². The number of rotatable bonds is 5. The lowest BCUT2D eigenvalue weighted by Crippen LogP contribution is -1.92. The highest BCUT2D eigenvalue weighted by atomic mass is 35.5. The molecule has 0 heterocycles. The van der Waals surface area contributed by atoms with Gasteiger partial charge in [0.05, 0.1) is 0 Å². The average molecular weight is 237 g/mol. The summed E-state index contributed by atoms with van der Waals surface area (Å²) in [7, 11) is 0. The molecule has 0 aliphatic heterocycles. The lowest BCUT2D eigenvalue weighted by Gasteiger charge is -2.08. The van der Waals surface area contributed by atoms with E-state index in [2.05, 4.69) is 6.92 Å². The number of halogens is 1. The second-order valence-electron chi connectivity index (χ2n) is 3.91. The maximum absolute atomic E-state index is 11.1. The molecule has 0 aliphatic rings. The zero-order valence-corrected chi connectivity index (χ0v) is 10.5. The molecule has 0 aliphatic carbocycles. The number of benzene rings is 1. The first-order chi connectivity index (χ1) is 7.63. The van der Waals surface area contributed by atoms with Crippen molar-refractivity contribution in [1.29, 1.82) is 0 Å². The lowest BCUT2D eigenvalue weighted by molar-refractivity contribution is -0.114. The predicted octanol–water partition coefficient (Wildman–Crippen LogP) is 4.37. The third kappa shape index (κ3) is 4.19. The quantitative estimate of drug-likeness (QED) is 0.694. The third-order valence-electron chi connectivity index (χ3n) is 2.58. The molecule has 0 unspecified atom stereocenters. The van der Waals surface area contributed by atoms with E-state index in [1.54, 1.807) is 6.08 Å². The second-order valence-corrected chi connectivity index (χ2v) is 4.35. The minimum Gasteiger partial charge on any atom is -0.295 e. The maximum atomic E-state index is 11.1. The molecule has 0 fully saturated rings. The summed E-state index contributed by atoms with van der Waals surface area (Å²) in [5.74, 6) is 0.599. The van der Waals surface area contributed by atoms with Crippen molar-refractivity contribution in [1.82, 2.24) is 0 Å². The van der Waals surface area contributed by atoms with E-state index in [0.29, 0.717) is 12.3 Å². The number of carbonyl (C=O) groups excluding carboxylic acids is 1. The number of carbonyl (C=O) groups is 1. The van der Waals surface area contributed by atoms with Gasteiger partial charge in [0.1, 0.15) is 0 Å². The van der Waals surface area contributed by atoms with Crippen LogP contribution < -0.4 is 0 Å². The minimum absolute atomic E-state index is 0.184. The number of allylic oxidation sites excluding steroid dienone is 2. The van der Waals surface area contributed by atoms with Crippen molar-refractivity contribution in [3.63, 3.8) is 0 Å². The van der Waals surface area contributed by atoms with Gasteiger partial charge in [0.25, 0.3) is 0 Å². The molecule has 1 nitrogen and oxygen atoms in total. The maximum Gasteiger partial charge on any atom is 0.155 e. The van der Waals surface area contributed by atoms with Crippen LogP contribution in [0, 0.1) is 0 Å². The van der Waals surface area contributed by atoms with Crippen LogP contribution >= 0.6 is 11.6 Å². The standard InChI is InChI=1S/C14H17ClO/c1-3-14(16)6-4-5-11(2)12-7-9-13(15)10-8-12/h4,6-11H,3,5H2,1-2H3/b6-4+/t11-/m0/s1. The Kier molecular flexibility index (Phi) is 5.27. The first kappa shape index (κ1) is 13.0. The molecule has 0 amide bonds. The molecule has 0 N–H and O–H groups in total. The smallest absolute Gasteiger partial charge is 0.155 e. The fourth-order valence-electron chi connectivity index (χ4n) is 1.45. The summed E-state index contributed by atoms with van der Waals surface area (Å²) in [4.78, 5) is 11.1. The molecule has 0 saturated carbocycles. The monoisotopic (exact) mass is 236 g/mol. The highest BCUT2D eigenvalue weighted by molar-refractivity contribution is 6.30. The number of hydrogen-bond donors (Lipinski definition) is 0. The van der Waals surface area contributed by atoms with Crippen molar-refractivity contribution in [3.05, 3.63) is 47.0 Å². The highest BCUT2D eigenvalue weighted by Crippen LogP contribution is 2.21. The molecule has 0 radical (unpaired) electrons. The first-order valence-electron chi connectivity index (χ1n) is 5.58. The molecule has 1 atom stereocenters. The Morgan fingerprint density at radius 2 is 2.00 bits per heavy atom. The molecule has 1 rings (SSSR count). The molecule has 0 saturated heterocycles. The van der Waals surface area contributed by atoms with Crippen molar-refractivity contribution < 1.29 is 4.79 Å². The molecule has 2 heteroatoms. The van der Waals surface area contributed by atoms with E-state index >= 15 is 0 Å². The van der Waals surface area contributed by atoms with Gasteiger partial charge >= 0.3 is 0 Å². The second kappa shape index (κ2) is 6.49. The molecule has 0 spiro atoms. The van der Waals surface area contributed by atoms with Crippen molar-refractivity contribution in [2.45, 2.75) is 32.6 Å². The summed E-state index contributed by atoms with van der Waals surface area (Å²) in [5.41, 5.74) is 1.25. The van der Waals surface area contributed by atoms with E-state index in [1.165, 1.54) is 5.56 Å². The summed E-state index contributed by atoms with van der Waals surface area (Å²) in [6.07, 6.45) is 5.08. The van der Waals surface area contributed by atoms with Gasteiger partial charge < -0.3 is 0 Å². The summed E-state index contributed by atoms with van der Waals surface area (Å²) in [5, 5.41) is 0.757. The van der Waals surface area contributed by atoms with E-state index in [4.69, 9.17) is 11.6 Å². The molecule has 1 aromatic rings. The Labute approximate surface area is 102 Å².